The molecule has 5 rings (SSSR count). The van der Waals surface area contributed by atoms with Gasteiger partial charge in [-0.1, -0.05) is 6.42 Å². The van der Waals surface area contributed by atoms with Crippen molar-refractivity contribution in [2.75, 3.05) is 24.9 Å². The highest BCUT2D eigenvalue weighted by Gasteiger charge is 2.18. The molecule has 0 radical (unpaired) electrons. The Balaban J connectivity index is 0.000000209. The van der Waals surface area contributed by atoms with Gasteiger partial charge in [0.05, 0.1) is 42.8 Å². The third-order valence-electron chi connectivity index (χ3n) is 6.91. The number of phenols is 1. The Kier molecular flexibility index (Phi) is 11.1. The van der Waals surface area contributed by atoms with Crippen LogP contribution in [-0.4, -0.2) is 37.4 Å². The van der Waals surface area contributed by atoms with Crippen LogP contribution in [0.3, 0.4) is 0 Å². The van der Waals surface area contributed by atoms with Crippen LogP contribution >= 0.6 is 0 Å². The second-order valence-electron chi connectivity index (χ2n) is 10.1. The minimum absolute atomic E-state index is 0.0114. The lowest BCUT2D eigenvalue weighted by atomic mass is 9.98. The van der Waals surface area contributed by atoms with Crippen LogP contribution in [0.15, 0.2) is 84.9 Å². The molecule has 0 bridgehead atoms. The zero-order valence-electron chi connectivity index (χ0n) is 24.4. The molecule has 4 aromatic rings. The van der Waals surface area contributed by atoms with Gasteiger partial charge in [0.1, 0.15) is 23.1 Å². The highest BCUT2D eigenvalue weighted by molar-refractivity contribution is 5.97. The van der Waals surface area contributed by atoms with Crippen LogP contribution in [0.1, 0.15) is 52.8 Å². The highest BCUT2D eigenvalue weighted by atomic mass is 19.1. The third-order valence-corrected chi connectivity index (χ3v) is 6.91. The van der Waals surface area contributed by atoms with Gasteiger partial charge < -0.3 is 30.0 Å². The van der Waals surface area contributed by atoms with E-state index >= 15 is 0 Å². The Bertz CT molecular complexity index is 1560. The molecule has 0 aromatic heterocycles. The molecule has 0 amide bonds. The number of methoxy groups -OCH3 is 2. The van der Waals surface area contributed by atoms with Crippen LogP contribution in [0.5, 0.6) is 11.5 Å². The largest absolute Gasteiger partial charge is 0.508 e. The minimum Gasteiger partial charge on any atom is -0.508 e. The van der Waals surface area contributed by atoms with E-state index in [1.54, 1.807) is 30.3 Å². The third kappa shape index (κ3) is 8.94. The summed E-state index contributed by atoms with van der Waals surface area (Å²) in [6.45, 7) is 0. The lowest BCUT2D eigenvalue weighted by molar-refractivity contribution is 0.0592. The van der Waals surface area contributed by atoms with Crippen LogP contribution in [0.2, 0.25) is 0 Å². The van der Waals surface area contributed by atoms with Gasteiger partial charge in [0.2, 0.25) is 0 Å². The fourth-order valence-corrected chi connectivity index (χ4v) is 4.66. The number of ether oxygens (including phenoxy) is 3. The van der Waals surface area contributed by atoms with Crippen LogP contribution < -0.4 is 15.4 Å². The monoisotopic (exact) mass is 604 g/mol. The average molecular weight is 605 g/mol. The number of nitrogens with one attached hydrogen (secondary N) is 2. The average Bonchev–Trinajstić information content (AvgIpc) is 3.03. The van der Waals surface area contributed by atoms with Crippen molar-refractivity contribution < 1.29 is 37.7 Å². The fraction of sp³-hybridized carbons (Fsp3) is 0.235. The van der Waals surface area contributed by atoms with Gasteiger partial charge in [-0.05, 0) is 98.5 Å². The number of halogens is 2. The summed E-state index contributed by atoms with van der Waals surface area (Å²) in [5.41, 5.74) is 2.93. The first kappa shape index (κ1) is 31.8. The van der Waals surface area contributed by atoms with Crippen molar-refractivity contribution in [2.24, 2.45) is 0 Å². The fourth-order valence-electron chi connectivity index (χ4n) is 4.66. The van der Waals surface area contributed by atoms with Crippen molar-refractivity contribution in [1.29, 1.82) is 0 Å². The van der Waals surface area contributed by atoms with Crippen molar-refractivity contribution in [3.63, 3.8) is 0 Å². The van der Waals surface area contributed by atoms with Crippen molar-refractivity contribution in [3.8, 4) is 11.5 Å². The zero-order valence-corrected chi connectivity index (χ0v) is 24.4. The number of phenolic OH excluding ortho intramolecular Hbond substituents is 1. The number of hydrogen-bond donors (Lipinski definition) is 3. The van der Waals surface area contributed by atoms with Gasteiger partial charge in [-0.2, -0.15) is 0 Å². The predicted octanol–water partition coefficient (Wildman–Crippen LogP) is 8.13. The van der Waals surface area contributed by atoms with Crippen LogP contribution in [-0.2, 0) is 9.47 Å². The number of hydrogen-bond acceptors (Lipinski definition) is 8. The van der Waals surface area contributed by atoms with Gasteiger partial charge in [0.25, 0.3) is 0 Å². The van der Waals surface area contributed by atoms with Crippen molar-refractivity contribution in [2.45, 2.75) is 38.2 Å². The van der Waals surface area contributed by atoms with Crippen molar-refractivity contribution >= 4 is 34.7 Å². The molecule has 1 fully saturated rings. The number of carbonyl (C=O) groups excluding carboxylic acids is 2. The van der Waals surface area contributed by atoms with E-state index in [0.717, 1.165) is 12.8 Å². The molecule has 1 aliphatic rings. The Hall–Kier alpha value is -5.12. The number of anilines is 4. The molecule has 0 unspecified atom stereocenters. The van der Waals surface area contributed by atoms with Gasteiger partial charge in [-0.3, -0.25) is 0 Å². The minimum atomic E-state index is -0.524. The Morgan fingerprint density at radius 2 is 1.16 bits per heavy atom. The molecule has 0 saturated heterocycles. The molecule has 0 atom stereocenters. The van der Waals surface area contributed by atoms with Crippen molar-refractivity contribution in [1.82, 2.24) is 0 Å². The number of carbonyl (C=O) groups is 2. The quantitative estimate of drug-likeness (QED) is 0.173. The SMILES string of the molecule is COC(=O)c1ccc(O)cc1Nc1ccc(F)cc1.COC(=O)c1ccc(OC2CCCCC2)cc1Nc1ccc(F)cc1. The first-order valence-electron chi connectivity index (χ1n) is 14.1. The van der Waals surface area contributed by atoms with Gasteiger partial charge in [-0.15, -0.1) is 0 Å². The molecular formula is C34H34F2N2O6. The molecule has 8 nitrogen and oxygen atoms in total. The standard InChI is InChI=1S/C20H22FNO3.C14H12FNO3/c1-24-20(23)18-12-11-17(25-16-5-3-2-4-6-16)13-19(18)22-15-9-7-14(21)8-10-15;1-19-14(18)12-7-6-11(17)8-13(12)16-10-4-2-9(15)3-5-10/h7-13,16,22H,2-6H2,1H3;2-8,16-17H,1H3. The van der Waals surface area contributed by atoms with Gasteiger partial charge in [-0.25, -0.2) is 18.4 Å². The Labute approximate surface area is 254 Å². The summed E-state index contributed by atoms with van der Waals surface area (Å²) in [6.07, 6.45) is 5.96. The van der Waals surface area contributed by atoms with E-state index in [1.165, 1.54) is 88.1 Å². The number of rotatable bonds is 8. The van der Waals surface area contributed by atoms with Gasteiger partial charge >= 0.3 is 11.9 Å². The summed E-state index contributed by atoms with van der Waals surface area (Å²) in [4.78, 5) is 23.6. The van der Waals surface area contributed by atoms with E-state index in [1.807, 2.05) is 0 Å². The van der Waals surface area contributed by atoms with Crippen LogP contribution in [0, 0.1) is 11.6 Å². The highest BCUT2D eigenvalue weighted by Crippen LogP contribution is 2.30. The smallest absolute Gasteiger partial charge is 0.339 e. The number of aromatic hydroxyl groups is 1. The second-order valence-corrected chi connectivity index (χ2v) is 10.1. The zero-order chi connectivity index (χ0) is 31.5. The lowest BCUT2D eigenvalue weighted by Crippen LogP contribution is -2.19. The summed E-state index contributed by atoms with van der Waals surface area (Å²) >= 11 is 0. The van der Waals surface area contributed by atoms with E-state index in [-0.39, 0.29) is 29.1 Å². The number of benzene rings is 4. The molecule has 4 aromatic carbocycles. The van der Waals surface area contributed by atoms with Gasteiger partial charge in [0.15, 0.2) is 0 Å². The van der Waals surface area contributed by atoms with Gasteiger partial charge in [0, 0.05) is 23.5 Å². The maximum Gasteiger partial charge on any atom is 0.339 e. The summed E-state index contributed by atoms with van der Waals surface area (Å²) in [7, 11) is 2.62. The van der Waals surface area contributed by atoms with Crippen molar-refractivity contribution in [3.05, 3.63) is 108 Å². The molecule has 0 spiro atoms. The summed E-state index contributed by atoms with van der Waals surface area (Å²) in [5, 5.41) is 15.5. The van der Waals surface area contributed by atoms with Crippen LogP contribution in [0.25, 0.3) is 0 Å². The first-order chi connectivity index (χ1) is 21.2. The first-order valence-corrected chi connectivity index (χ1v) is 14.1. The molecule has 3 N–H and O–H groups in total. The van der Waals surface area contributed by atoms with E-state index in [0.29, 0.717) is 34.1 Å². The lowest BCUT2D eigenvalue weighted by Gasteiger charge is -2.23. The van der Waals surface area contributed by atoms with E-state index in [4.69, 9.17) is 9.47 Å². The van der Waals surface area contributed by atoms with E-state index in [2.05, 4.69) is 15.4 Å². The predicted molar refractivity (Wildman–Crippen MR) is 164 cm³/mol. The molecule has 1 saturated carbocycles. The molecule has 0 heterocycles. The topological polar surface area (TPSA) is 106 Å². The maximum atomic E-state index is 13.1. The molecule has 1 aliphatic carbocycles. The summed E-state index contributed by atoms with van der Waals surface area (Å²) in [5.74, 6) is -0.900. The molecule has 44 heavy (non-hydrogen) atoms. The molecular weight excluding hydrogens is 570 g/mol. The molecule has 230 valence electrons. The maximum absolute atomic E-state index is 13.1. The van der Waals surface area contributed by atoms with E-state index in [9.17, 15) is 23.5 Å². The Morgan fingerprint density at radius 1 is 0.682 bits per heavy atom. The van der Waals surface area contributed by atoms with Crippen LogP contribution in [0.4, 0.5) is 31.5 Å². The second kappa shape index (κ2) is 15.4. The normalized spacial score (nSPS) is 12.7. The summed E-state index contributed by atoms with van der Waals surface area (Å²) in [6, 6.07) is 21.1. The summed E-state index contributed by atoms with van der Waals surface area (Å²) < 4.78 is 41.5. The Morgan fingerprint density at radius 3 is 1.66 bits per heavy atom. The molecule has 0 aliphatic heterocycles. The number of esters is 2. The molecule has 10 heteroatoms. The van der Waals surface area contributed by atoms with E-state index < -0.39 is 11.9 Å².